The van der Waals surface area contributed by atoms with Crippen LogP contribution in [0.5, 0.6) is 0 Å². The van der Waals surface area contributed by atoms with E-state index in [-0.39, 0.29) is 17.3 Å². The average Bonchev–Trinajstić information content (AvgIpc) is 2.94. The third-order valence-electron chi connectivity index (χ3n) is 5.62. The molecule has 0 amide bonds. The van der Waals surface area contributed by atoms with Crippen LogP contribution in [0.25, 0.3) is 0 Å². The van der Waals surface area contributed by atoms with Crippen molar-refractivity contribution in [2.45, 2.75) is 70.0 Å². The molecule has 20 heavy (non-hydrogen) atoms. The fourth-order valence-electron chi connectivity index (χ4n) is 4.48. The number of hydrogen-bond acceptors (Lipinski definition) is 3. The van der Waals surface area contributed by atoms with E-state index in [0.717, 1.165) is 57.8 Å². The van der Waals surface area contributed by atoms with E-state index in [4.69, 9.17) is 9.47 Å². The van der Waals surface area contributed by atoms with Crippen LogP contribution in [0.15, 0.2) is 12.7 Å². The maximum Gasteiger partial charge on any atom is 0.311 e. The molecule has 2 atom stereocenters. The Morgan fingerprint density at radius 1 is 1.20 bits per heavy atom. The van der Waals surface area contributed by atoms with Crippen molar-refractivity contribution in [3.8, 4) is 0 Å². The Morgan fingerprint density at radius 3 is 2.75 bits per heavy atom. The fourth-order valence-corrected chi connectivity index (χ4v) is 4.48. The summed E-state index contributed by atoms with van der Waals surface area (Å²) < 4.78 is 12.0. The van der Waals surface area contributed by atoms with Crippen molar-refractivity contribution in [2.75, 3.05) is 6.61 Å². The number of hydrogen-bond donors (Lipinski definition) is 0. The molecule has 3 rings (SSSR count). The van der Waals surface area contributed by atoms with Gasteiger partial charge in [0.05, 0.1) is 12.5 Å². The Kier molecular flexibility index (Phi) is 3.89. The van der Waals surface area contributed by atoms with Crippen LogP contribution in [0, 0.1) is 11.3 Å². The van der Waals surface area contributed by atoms with Crippen molar-refractivity contribution >= 4 is 5.97 Å². The molecule has 3 heteroatoms. The minimum absolute atomic E-state index is 0.000916. The number of fused-ring (bicyclic) bond motifs is 1. The number of carbonyl (C=O) groups is 1. The van der Waals surface area contributed by atoms with Gasteiger partial charge in [-0.3, -0.25) is 4.79 Å². The average molecular weight is 278 g/mol. The molecular weight excluding hydrogens is 252 g/mol. The van der Waals surface area contributed by atoms with Crippen LogP contribution in [0.4, 0.5) is 0 Å². The van der Waals surface area contributed by atoms with Crippen LogP contribution in [-0.4, -0.2) is 18.4 Å². The fraction of sp³-hybridized carbons (Fsp3) is 0.824. The molecule has 0 bridgehead atoms. The van der Waals surface area contributed by atoms with Crippen LogP contribution in [-0.2, 0) is 14.3 Å². The van der Waals surface area contributed by atoms with Gasteiger partial charge in [-0.25, -0.2) is 0 Å². The SMILES string of the molecule is C=CCC12CCCC1(OC(=O)C1CCCCC1)OCC2. The summed E-state index contributed by atoms with van der Waals surface area (Å²) in [6.45, 7) is 4.60. The molecule has 3 nitrogen and oxygen atoms in total. The lowest BCUT2D eigenvalue weighted by Gasteiger charge is -2.38. The molecule has 2 unspecified atom stereocenters. The molecule has 3 aliphatic rings. The van der Waals surface area contributed by atoms with Crippen molar-refractivity contribution < 1.29 is 14.3 Å². The maximum absolute atomic E-state index is 12.5. The highest BCUT2D eigenvalue weighted by molar-refractivity contribution is 5.73. The normalized spacial score (nSPS) is 37.6. The molecule has 1 aliphatic heterocycles. The van der Waals surface area contributed by atoms with Crippen LogP contribution in [0.3, 0.4) is 0 Å². The number of carbonyl (C=O) groups excluding carboxylic acids is 1. The van der Waals surface area contributed by atoms with Gasteiger partial charge in [0.25, 0.3) is 0 Å². The third kappa shape index (κ3) is 2.20. The predicted molar refractivity (Wildman–Crippen MR) is 77.1 cm³/mol. The molecule has 3 fully saturated rings. The van der Waals surface area contributed by atoms with Crippen molar-refractivity contribution in [1.29, 1.82) is 0 Å². The van der Waals surface area contributed by atoms with Gasteiger partial charge in [-0.15, -0.1) is 6.58 Å². The first kappa shape index (κ1) is 14.1. The molecule has 0 N–H and O–H groups in total. The molecule has 0 radical (unpaired) electrons. The van der Waals surface area contributed by atoms with Crippen LogP contribution >= 0.6 is 0 Å². The number of ether oxygens (including phenoxy) is 2. The van der Waals surface area contributed by atoms with Gasteiger partial charge >= 0.3 is 5.97 Å². The molecule has 0 spiro atoms. The molecule has 112 valence electrons. The lowest BCUT2D eigenvalue weighted by molar-refractivity contribution is -0.243. The topological polar surface area (TPSA) is 35.5 Å². The van der Waals surface area contributed by atoms with E-state index in [9.17, 15) is 4.79 Å². The second kappa shape index (κ2) is 5.51. The zero-order valence-corrected chi connectivity index (χ0v) is 12.4. The zero-order valence-electron chi connectivity index (χ0n) is 12.4. The van der Waals surface area contributed by atoms with E-state index in [2.05, 4.69) is 6.58 Å². The molecule has 0 aromatic rings. The van der Waals surface area contributed by atoms with Gasteiger partial charge in [-0.1, -0.05) is 25.3 Å². The van der Waals surface area contributed by atoms with Crippen LogP contribution in [0.1, 0.15) is 64.2 Å². The molecule has 2 saturated carbocycles. The van der Waals surface area contributed by atoms with E-state index in [1.807, 2.05) is 6.08 Å². The predicted octanol–water partition coefficient (Wildman–Crippen LogP) is 3.97. The first-order valence-electron chi connectivity index (χ1n) is 8.19. The highest BCUT2D eigenvalue weighted by atomic mass is 16.7. The Labute approximate surface area is 121 Å². The smallest absolute Gasteiger partial charge is 0.311 e. The second-order valence-electron chi connectivity index (χ2n) is 6.73. The molecular formula is C17H26O3. The van der Waals surface area contributed by atoms with Crippen LogP contribution < -0.4 is 0 Å². The molecule has 0 aromatic carbocycles. The first-order chi connectivity index (χ1) is 9.71. The van der Waals surface area contributed by atoms with E-state index in [1.54, 1.807) is 0 Å². The van der Waals surface area contributed by atoms with Gasteiger partial charge in [-0.2, -0.15) is 0 Å². The van der Waals surface area contributed by atoms with Gasteiger partial charge < -0.3 is 9.47 Å². The Balaban J connectivity index is 1.73. The second-order valence-corrected chi connectivity index (χ2v) is 6.73. The summed E-state index contributed by atoms with van der Waals surface area (Å²) in [4.78, 5) is 12.5. The minimum Gasteiger partial charge on any atom is -0.432 e. The highest BCUT2D eigenvalue weighted by Crippen LogP contribution is 2.58. The van der Waals surface area contributed by atoms with E-state index < -0.39 is 5.79 Å². The van der Waals surface area contributed by atoms with Crippen molar-refractivity contribution in [3.05, 3.63) is 12.7 Å². The van der Waals surface area contributed by atoms with Crippen molar-refractivity contribution in [1.82, 2.24) is 0 Å². The lowest BCUT2D eigenvalue weighted by atomic mass is 9.77. The summed E-state index contributed by atoms with van der Waals surface area (Å²) in [7, 11) is 0. The lowest BCUT2D eigenvalue weighted by Crippen LogP contribution is -2.45. The molecule has 1 saturated heterocycles. The third-order valence-corrected chi connectivity index (χ3v) is 5.62. The highest BCUT2D eigenvalue weighted by Gasteiger charge is 2.61. The van der Waals surface area contributed by atoms with Gasteiger partial charge in [0.2, 0.25) is 5.79 Å². The Bertz CT molecular complexity index is 372. The molecule has 0 aromatic heterocycles. The van der Waals surface area contributed by atoms with Crippen molar-refractivity contribution in [3.63, 3.8) is 0 Å². The van der Waals surface area contributed by atoms with Gasteiger partial charge in [-0.05, 0) is 38.5 Å². The quantitative estimate of drug-likeness (QED) is 0.576. The zero-order chi connectivity index (χ0) is 14.1. The molecule has 2 aliphatic carbocycles. The van der Waals surface area contributed by atoms with E-state index in [1.165, 1.54) is 6.42 Å². The number of rotatable bonds is 4. The van der Waals surface area contributed by atoms with E-state index >= 15 is 0 Å². The largest absolute Gasteiger partial charge is 0.432 e. The standard InChI is InChI=1S/C17H26O3/c1-2-9-16-10-6-11-17(16,19-13-12-16)20-15(18)14-7-4-3-5-8-14/h2,14H,1,3-13H2. The van der Waals surface area contributed by atoms with Gasteiger partial charge in [0.15, 0.2) is 0 Å². The summed E-state index contributed by atoms with van der Waals surface area (Å²) in [5.41, 5.74) is -0.000916. The summed E-state index contributed by atoms with van der Waals surface area (Å²) in [6, 6.07) is 0. The Morgan fingerprint density at radius 2 is 2.00 bits per heavy atom. The first-order valence-corrected chi connectivity index (χ1v) is 8.19. The minimum atomic E-state index is -0.643. The van der Waals surface area contributed by atoms with Crippen molar-refractivity contribution in [2.24, 2.45) is 11.3 Å². The summed E-state index contributed by atoms with van der Waals surface area (Å²) in [5.74, 6) is -0.554. The molecule has 1 heterocycles. The number of esters is 1. The van der Waals surface area contributed by atoms with Gasteiger partial charge in [0, 0.05) is 11.8 Å². The monoisotopic (exact) mass is 278 g/mol. The van der Waals surface area contributed by atoms with E-state index in [0.29, 0.717) is 6.61 Å². The summed E-state index contributed by atoms with van der Waals surface area (Å²) >= 11 is 0. The van der Waals surface area contributed by atoms with Crippen LogP contribution in [0.2, 0.25) is 0 Å². The van der Waals surface area contributed by atoms with Gasteiger partial charge in [0.1, 0.15) is 0 Å². The maximum atomic E-state index is 12.5. The Hall–Kier alpha value is -0.830. The number of allylic oxidation sites excluding steroid dienone is 1. The summed E-state index contributed by atoms with van der Waals surface area (Å²) in [5, 5.41) is 0. The summed E-state index contributed by atoms with van der Waals surface area (Å²) in [6.07, 6.45) is 12.4.